The third-order valence-corrected chi connectivity index (χ3v) is 2.11. The molecule has 0 aromatic rings. The van der Waals surface area contributed by atoms with Crippen LogP contribution < -0.4 is 0 Å². The molecule has 0 spiro atoms. The van der Waals surface area contributed by atoms with Gasteiger partial charge >= 0.3 is 7.91 Å². The van der Waals surface area contributed by atoms with Gasteiger partial charge in [0, 0.05) is 257 Å². The number of hydrogen-bond acceptors (Lipinski definition) is 71. The van der Waals surface area contributed by atoms with Crippen LogP contribution in [0.5, 0.6) is 0 Å². The van der Waals surface area contributed by atoms with E-state index in [1.807, 2.05) is 0 Å². The molecular formula is HO71P. The van der Waals surface area contributed by atoms with Gasteiger partial charge in [-0.25, -0.2) is 14.4 Å². The molecule has 0 aromatic carbocycles. The van der Waals surface area contributed by atoms with Crippen LogP contribution >= 0.6 is 7.91 Å². The van der Waals surface area contributed by atoms with E-state index in [0.717, 1.165) is 0 Å². The van der Waals surface area contributed by atoms with Gasteiger partial charge in [-0.15, -0.1) is 0 Å². The fraction of sp³-hybridized carbons (Fsp3) is 0. The van der Waals surface area contributed by atoms with E-state index in [-0.39, 0.29) is 0 Å². The normalized spacial score (nSPS) is 11.7. The predicted octanol–water partition coefficient (Wildman–Crippen LogP) is -4.02. The highest BCUT2D eigenvalue weighted by atomic mass is 31.1. The zero-order valence-electron chi connectivity index (χ0n) is 29.5. The summed E-state index contributed by atoms with van der Waals surface area (Å²) in [6.07, 6.45) is 0. The van der Waals surface area contributed by atoms with Gasteiger partial charge in [0.2, 0.25) is 0 Å². The Morgan fingerprint density at radius 1 is 0.139 bits per heavy atom. The molecule has 0 saturated heterocycles. The Hall–Kier alpha value is -2.86. The molecule has 0 radical (unpaired) electrons. The maximum absolute atomic E-state index is 9.81. The molecule has 0 rings (SSSR count). The second-order valence-electron chi connectivity index (χ2n) is 4.86. The standard InChI is InChI=1S/HO71P/c1-4-5-6-7-8-9-10-11-12-13-14-15-16-17-18-19-20-21-22-23-24-25-26-27-28-29-30-31-32-33-34-35-36-37-38-39-40-41-42-43-44-45-46-47-48-49-50-51-52-53-54-55-56-57-58-59-60-61-62-63-64-65-66-67-68-69-70-71-72(2)3/h1H. The van der Waals surface area contributed by atoms with Crippen LogP contribution in [-0.4, -0.2) is 5.26 Å². The van der Waals surface area contributed by atoms with Crippen molar-refractivity contribution in [3.63, 3.8) is 0 Å². The lowest BCUT2D eigenvalue weighted by atomic mass is 14.0. The second kappa shape index (κ2) is 66.2. The molecule has 0 aliphatic rings. The van der Waals surface area contributed by atoms with Crippen molar-refractivity contribution in [2.75, 3.05) is 0 Å². The van der Waals surface area contributed by atoms with Crippen molar-refractivity contribution in [3.8, 4) is 0 Å². The third kappa shape index (κ3) is 67.1. The summed E-state index contributed by atoms with van der Waals surface area (Å²) in [4.78, 5) is 0. The van der Waals surface area contributed by atoms with Gasteiger partial charge in [0.15, 0.2) is 0 Å². The van der Waals surface area contributed by atoms with Crippen LogP contribution in [0.1, 0.15) is 0 Å². The van der Waals surface area contributed by atoms with Gasteiger partial charge in [0.05, 0.1) is 0 Å². The molecule has 72 heavy (non-hydrogen) atoms. The van der Waals surface area contributed by atoms with Crippen molar-refractivity contribution >= 4 is 7.91 Å². The highest BCUT2D eigenvalue weighted by molar-refractivity contribution is 7.24. The fourth-order valence-corrected chi connectivity index (χ4v) is 0.850. The Morgan fingerprint density at radius 2 is 0.222 bits per heavy atom. The first-order chi connectivity index (χ1) is 35.8. The van der Waals surface area contributed by atoms with E-state index >= 15 is 0 Å². The van der Waals surface area contributed by atoms with Crippen LogP contribution in [0.3, 0.4) is 0 Å². The van der Waals surface area contributed by atoms with Crippen molar-refractivity contribution in [3.05, 3.63) is 0 Å². The van der Waals surface area contributed by atoms with Crippen LogP contribution in [0, 0.1) is 0 Å². The molecule has 0 aliphatic heterocycles. The van der Waals surface area contributed by atoms with E-state index in [2.05, 4.69) is 342 Å². The van der Waals surface area contributed by atoms with Gasteiger partial charge in [-0.2, -0.15) is 0 Å². The molecule has 0 unspecified atom stereocenters. The van der Waals surface area contributed by atoms with Crippen LogP contribution in [0.25, 0.3) is 0 Å². The van der Waals surface area contributed by atoms with Crippen LogP contribution in [0.4, 0.5) is 0 Å². The zero-order chi connectivity index (χ0) is 51.7. The molecule has 0 heterocycles. The first kappa shape index (κ1) is 69.1. The summed E-state index contributed by atoms with van der Waals surface area (Å²) in [6, 6.07) is 0. The minimum atomic E-state index is -3.42. The van der Waals surface area contributed by atoms with Gasteiger partial charge in [0.1, 0.15) is 0 Å². The topological polar surface area (TPSA) is 682 Å². The average molecular weight is 1170 g/mol. The van der Waals surface area contributed by atoms with Crippen molar-refractivity contribution in [2.24, 2.45) is 0 Å². The molecule has 0 aromatic heterocycles. The van der Waals surface area contributed by atoms with Gasteiger partial charge in [-0.3, -0.25) is 0 Å². The lowest BCUT2D eigenvalue weighted by Crippen LogP contribution is -2.07. The summed E-state index contributed by atoms with van der Waals surface area (Å²) >= 11 is 0. The molecule has 0 aliphatic carbocycles. The third-order valence-electron chi connectivity index (χ3n) is 1.93. The average Bonchev–Trinajstić information content (AvgIpc) is 3.38. The van der Waals surface area contributed by atoms with Crippen molar-refractivity contribution in [1.82, 2.24) is 0 Å². The maximum Gasteiger partial charge on any atom is 0.498 e. The number of hydrogen-bond donors (Lipinski definition) is 1. The molecular weight excluding hydrogens is 1170 g/mol. The summed E-state index contributed by atoms with van der Waals surface area (Å²) in [6.45, 7) is 0. The van der Waals surface area contributed by atoms with Gasteiger partial charge in [0.25, 0.3) is 0 Å². The summed E-state index contributed by atoms with van der Waals surface area (Å²) in [5.41, 5.74) is 0. The molecule has 71 nitrogen and oxygen atoms in total. The van der Waals surface area contributed by atoms with Gasteiger partial charge in [-0.05, 0) is 80.6 Å². The predicted molar refractivity (Wildman–Crippen MR) is 84.7 cm³/mol. The Bertz CT molecular complexity index is 970. The van der Waals surface area contributed by atoms with E-state index < -0.39 is 7.91 Å². The van der Waals surface area contributed by atoms with E-state index in [1.54, 1.807) is 0 Å². The Kier molecular flexibility index (Phi) is 63.5. The van der Waals surface area contributed by atoms with E-state index in [0.29, 0.717) is 0 Å². The minimum Gasteiger partial charge on any atom is -0.219 e. The van der Waals surface area contributed by atoms with Crippen molar-refractivity contribution in [1.29, 1.82) is 0 Å². The van der Waals surface area contributed by atoms with E-state index in [4.69, 9.17) is 5.26 Å². The maximum atomic E-state index is 9.81. The fourth-order valence-electron chi connectivity index (χ4n) is 0.775. The molecule has 0 fully saturated rings. The molecule has 0 atom stereocenters. The SMILES string of the molecule is O=P(=O)OOOOOOOOOOOOOOOOOOOOOOOOOOOOOOOOOOOOOOOOOOOOOOOOOOOOOOOOOOOOOOOOOOOOO. The molecule has 432 valence electrons. The van der Waals surface area contributed by atoms with Gasteiger partial charge in [-0.1, -0.05) is 4.67 Å². The first-order valence-corrected chi connectivity index (χ1v) is 13.0. The number of rotatable bonds is 68. The lowest BCUT2D eigenvalue weighted by Gasteiger charge is -2.00. The summed E-state index contributed by atoms with van der Waals surface area (Å²) < 4.78 is 23.0. The highest BCUT2D eigenvalue weighted by Crippen LogP contribution is 2.05. The van der Waals surface area contributed by atoms with E-state index in [9.17, 15) is 9.13 Å². The molecule has 0 amide bonds. The first-order valence-electron chi connectivity index (χ1n) is 11.9. The Balaban J connectivity index is 3.08. The summed E-state index contributed by atoms with van der Waals surface area (Å²) in [5.74, 6) is 0. The van der Waals surface area contributed by atoms with Crippen molar-refractivity contribution < 1.29 is 357 Å². The highest BCUT2D eigenvalue weighted by Gasteiger charge is 2.06. The molecule has 0 saturated carbocycles. The van der Waals surface area contributed by atoms with E-state index in [1.165, 1.54) is 0 Å². The monoisotopic (exact) mass is 1170 g/mol. The largest absolute Gasteiger partial charge is 0.498 e. The Labute approximate surface area is 366 Å². The molecule has 72 heteroatoms. The minimum absolute atomic E-state index is 2.87. The quantitative estimate of drug-likeness (QED) is 0.0262. The zero-order valence-corrected chi connectivity index (χ0v) is 30.4. The van der Waals surface area contributed by atoms with Gasteiger partial charge < -0.3 is 0 Å². The van der Waals surface area contributed by atoms with Crippen LogP contribution in [0.2, 0.25) is 0 Å². The molecule has 0 bridgehead atoms. The summed E-state index contributed by atoms with van der Waals surface area (Å²) in [5, 5.41) is 240. The summed E-state index contributed by atoms with van der Waals surface area (Å²) in [7, 11) is -3.42. The smallest absolute Gasteiger partial charge is 0.219 e. The molecule has 1 N–H and O–H groups in total. The second-order valence-corrected chi connectivity index (χ2v) is 5.46. The van der Waals surface area contributed by atoms with Crippen molar-refractivity contribution in [2.45, 2.75) is 0 Å². The van der Waals surface area contributed by atoms with Crippen LogP contribution in [0.15, 0.2) is 0 Å². The lowest BCUT2D eigenvalue weighted by molar-refractivity contribution is -0.912. The van der Waals surface area contributed by atoms with Crippen LogP contribution in [-0.2, 0) is 351 Å². The Morgan fingerprint density at radius 3 is 0.306 bits per heavy atom.